The van der Waals surface area contributed by atoms with Gasteiger partial charge in [-0.3, -0.25) is 0 Å². The lowest BCUT2D eigenvalue weighted by atomic mass is 9.91. The van der Waals surface area contributed by atoms with E-state index < -0.39 is 0 Å². The van der Waals surface area contributed by atoms with E-state index >= 15 is 0 Å². The number of hydrogen-bond donors (Lipinski definition) is 3. The van der Waals surface area contributed by atoms with E-state index in [9.17, 15) is 0 Å². The third kappa shape index (κ3) is 3.09. The molecule has 0 aromatic carbocycles. The minimum absolute atomic E-state index is 0.225. The molecule has 3 heteroatoms. The van der Waals surface area contributed by atoms with Crippen LogP contribution in [0, 0.1) is 0 Å². The maximum absolute atomic E-state index is 8.83. The first-order chi connectivity index (χ1) is 5.72. The zero-order chi connectivity index (χ0) is 8.97. The van der Waals surface area contributed by atoms with E-state index in [1.807, 2.05) is 6.92 Å². The molecule has 1 saturated carbocycles. The monoisotopic (exact) mass is 172 g/mol. The van der Waals surface area contributed by atoms with Crippen LogP contribution in [-0.2, 0) is 0 Å². The first-order valence-corrected chi connectivity index (χ1v) is 4.85. The van der Waals surface area contributed by atoms with E-state index in [0.29, 0.717) is 12.1 Å². The second-order valence-corrected chi connectivity index (χ2v) is 3.86. The Kier molecular flexibility index (Phi) is 3.98. The Hall–Kier alpha value is -0.120. The van der Waals surface area contributed by atoms with E-state index in [-0.39, 0.29) is 12.6 Å². The smallest absolute Gasteiger partial charge is 0.0582 e. The minimum Gasteiger partial charge on any atom is -0.395 e. The molecule has 72 valence electrons. The molecule has 1 rings (SSSR count). The lowest BCUT2D eigenvalue weighted by Gasteiger charge is -2.28. The topological polar surface area (TPSA) is 58.3 Å². The molecule has 4 N–H and O–H groups in total. The summed E-state index contributed by atoms with van der Waals surface area (Å²) in [4.78, 5) is 0. The molecule has 0 heterocycles. The number of aliphatic hydroxyl groups excluding tert-OH is 1. The van der Waals surface area contributed by atoms with E-state index in [1.165, 1.54) is 0 Å². The molecule has 0 saturated heterocycles. The second-order valence-electron chi connectivity index (χ2n) is 3.86. The number of hydrogen-bond acceptors (Lipinski definition) is 3. The summed E-state index contributed by atoms with van der Waals surface area (Å²) in [6, 6.07) is 1.21. The lowest BCUT2D eigenvalue weighted by Crippen LogP contribution is -2.42. The maximum Gasteiger partial charge on any atom is 0.0582 e. The molecule has 1 aliphatic rings. The van der Waals surface area contributed by atoms with Crippen LogP contribution in [0.2, 0.25) is 0 Å². The second kappa shape index (κ2) is 4.80. The largest absolute Gasteiger partial charge is 0.395 e. The number of nitrogens with two attached hydrogens (primary N) is 1. The zero-order valence-corrected chi connectivity index (χ0v) is 7.79. The van der Waals surface area contributed by atoms with E-state index in [1.54, 1.807) is 0 Å². The third-order valence-corrected chi connectivity index (χ3v) is 2.57. The Morgan fingerprint density at radius 3 is 2.50 bits per heavy atom. The molecule has 3 nitrogen and oxygen atoms in total. The van der Waals surface area contributed by atoms with Gasteiger partial charge in [0.1, 0.15) is 0 Å². The van der Waals surface area contributed by atoms with Crippen molar-refractivity contribution < 1.29 is 5.11 Å². The fraction of sp³-hybridized carbons (Fsp3) is 1.00. The van der Waals surface area contributed by atoms with E-state index in [4.69, 9.17) is 10.8 Å². The van der Waals surface area contributed by atoms with Crippen molar-refractivity contribution in [3.63, 3.8) is 0 Å². The summed E-state index contributed by atoms with van der Waals surface area (Å²) in [5.74, 6) is 0. The summed E-state index contributed by atoms with van der Waals surface area (Å²) in [5, 5.41) is 12.2. The average Bonchev–Trinajstić information content (AvgIpc) is 2.09. The van der Waals surface area contributed by atoms with Crippen molar-refractivity contribution >= 4 is 0 Å². The van der Waals surface area contributed by atoms with Crippen molar-refractivity contribution in [1.29, 1.82) is 0 Å². The van der Waals surface area contributed by atoms with Gasteiger partial charge >= 0.3 is 0 Å². The van der Waals surface area contributed by atoms with Gasteiger partial charge in [0.05, 0.1) is 6.61 Å². The molecular formula is C9H20N2O. The summed E-state index contributed by atoms with van der Waals surface area (Å²) in [7, 11) is 0. The summed E-state index contributed by atoms with van der Waals surface area (Å²) in [5.41, 5.74) is 5.78. The molecule has 12 heavy (non-hydrogen) atoms. The van der Waals surface area contributed by atoms with Crippen LogP contribution in [0.3, 0.4) is 0 Å². The number of aliphatic hydroxyl groups is 1. The van der Waals surface area contributed by atoms with E-state index in [2.05, 4.69) is 5.32 Å². The quantitative estimate of drug-likeness (QED) is 0.571. The molecule has 0 aromatic rings. The van der Waals surface area contributed by atoms with Gasteiger partial charge in [-0.2, -0.15) is 0 Å². The first-order valence-electron chi connectivity index (χ1n) is 4.85. The fourth-order valence-electron chi connectivity index (χ4n) is 1.74. The molecule has 0 spiro atoms. The van der Waals surface area contributed by atoms with Gasteiger partial charge in [-0.05, 0) is 32.6 Å². The average molecular weight is 172 g/mol. The Balaban J connectivity index is 2.17. The van der Waals surface area contributed by atoms with Crippen LogP contribution in [0.15, 0.2) is 0 Å². The summed E-state index contributed by atoms with van der Waals surface area (Å²) < 4.78 is 0. The summed E-state index contributed by atoms with van der Waals surface area (Å²) in [6.45, 7) is 2.23. The molecule has 0 aromatic heterocycles. The Morgan fingerprint density at radius 2 is 2.00 bits per heavy atom. The van der Waals surface area contributed by atoms with Gasteiger partial charge in [0.25, 0.3) is 0 Å². The molecule has 0 radical (unpaired) electrons. The minimum atomic E-state index is 0.225. The van der Waals surface area contributed by atoms with Gasteiger partial charge in [-0.15, -0.1) is 0 Å². The molecule has 1 aliphatic carbocycles. The molecular weight excluding hydrogens is 152 g/mol. The van der Waals surface area contributed by atoms with Crippen molar-refractivity contribution in [2.75, 3.05) is 6.61 Å². The van der Waals surface area contributed by atoms with Crippen molar-refractivity contribution in [3.05, 3.63) is 0 Å². The van der Waals surface area contributed by atoms with Crippen LogP contribution in [0.1, 0.15) is 32.6 Å². The summed E-state index contributed by atoms with van der Waals surface area (Å²) in [6.07, 6.45) is 4.56. The van der Waals surface area contributed by atoms with Crippen LogP contribution in [0.5, 0.6) is 0 Å². The predicted octanol–water partition coefficient (Wildman–Crippen LogP) is 0.227. The highest BCUT2D eigenvalue weighted by Crippen LogP contribution is 2.17. The van der Waals surface area contributed by atoms with Gasteiger partial charge < -0.3 is 16.2 Å². The third-order valence-electron chi connectivity index (χ3n) is 2.57. The zero-order valence-electron chi connectivity index (χ0n) is 7.79. The van der Waals surface area contributed by atoms with Gasteiger partial charge in [0.2, 0.25) is 0 Å². The van der Waals surface area contributed by atoms with Crippen molar-refractivity contribution in [2.24, 2.45) is 5.73 Å². The van der Waals surface area contributed by atoms with Crippen LogP contribution >= 0.6 is 0 Å². The number of rotatable bonds is 3. The first kappa shape index (κ1) is 9.96. The molecule has 0 amide bonds. The molecule has 1 fully saturated rings. The molecule has 0 bridgehead atoms. The Bertz CT molecular complexity index is 122. The van der Waals surface area contributed by atoms with E-state index in [0.717, 1.165) is 25.7 Å². The van der Waals surface area contributed by atoms with Crippen molar-refractivity contribution in [1.82, 2.24) is 5.32 Å². The molecule has 1 atom stereocenters. The highest BCUT2D eigenvalue weighted by atomic mass is 16.3. The lowest BCUT2D eigenvalue weighted by molar-refractivity contribution is 0.224. The van der Waals surface area contributed by atoms with Crippen LogP contribution < -0.4 is 11.1 Å². The normalized spacial score (nSPS) is 33.2. The van der Waals surface area contributed by atoms with Gasteiger partial charge in [0, 0.05) is 18.1 Å². The molecule has 1 unspecified atom stereocenters. The highest BCUT2D eigenvalue weighted by molar-refractivity contribution is 4.80. The van der Waals surface area contributed by atoms with Gasteiger partial charge in [0.15, 0.2) is 0 Å². The van der Waals surface area contributed by atoms with Crippen molar-refractivity contribution in [2.45, 2.75) is 50.7 Å². The summed E-state index contributed by atoms with van der Waals surface area (Å²) >= 11 is 0. The number of nitrogens with one attached hydrogen (secondary N) is 1. The fourth-order valence-corrected chi connectivity index (χ4v) is 1.74. The van der Waals surface area contributed by atoms with Crippen LogP contribution in [-0.4, -0.2) is 29.8 Å². The SMILES string of the molecule is CC(CO)N[C@H]1CC[C@H](N)CC1. The highest BCUT2D eigenvalue weighted by Gasteiger charge is 2.18. The Morgan fingerprint density at radius 1 is 1.42 bits per heavy atom. The van der Waals surface area contributed by atoms with Crippen LogP contribution in [0.4, 0.5) is 0 Å². The predicted molar refractivity (Wildman–Crippen MR) is 49.9 cm³/mol. The standard InChI is InChI=1S/C9H20N2O/c1-7(6-12)11-9-4-2-8(10)3-5-9/h7-9,11-12H,2-6,10H2,1H3/t7?,8-,9-. The Labute approximate surface area is 74.3 Å². The van der Waals surface area contributed by atoms with Crippen molar-refractivity contribution in [3.8, 4) is 0 Å². The van der Waals surface area contributed by atoms with Gasteiger partial charge in [-0.25, -0.2) is 0 Å². The maximum atomic E-state index is 8.83. The molecule has 0 aliphatic heterocycles. The van der Waals surface area contributed by atoms with Gasteiger partial charge in [-0.1, -0.05) is 0 Å². The van der Waals surface area contributed by atoms with Crippen LogP contribution in [0.25, 0.3) is 0 Å².